The third-order valence-electron chi connectivity index (χ3n) is 5.02. The molecular formula is C21H28N2O2. The van der Waals surface area contributed by atoms with Crippen molar-refractivity contribution in [3.05, 3.63) is 52.8 Å². The first-order valence-corrected chi connectivity index (χ1v) is 9.18. The number of aromatic nitrogens is 1. The molecule has 0 unspecified atom stereocenters. The van der Waals surface area contributed by atoms with Crippen molar-refractivity contribution in [2.45, 2.75) is 39.5 Å². The van der Waals surface area contributed by atoms with E-state index in [1.54, 1.807) is 7.11 Å². The summed E-state index contributed by atoms with van der Waals surface area (Å²) in [4.78, 5) is 12.2. The third kappa shape index (κ3) is 3.96. The van der Waals surface area contributed by atoms with E-state index >= 15 is 0 Å². The van der Waals surface area contributed by atoms with E-state index in [1.165, 1.54) is 29.8 Å². The zero-order valence-electron chi connectivity index (χ0n) is 15.5. The van der Waals surface area contributed by atoms with Gasteiger partial charge in [-0.15, -0.1) is 0 Å². The summed E-state index contributed by atoms with van der Waals surface area (Å²) in [6.45, 7) is 5.79. The summed E-state index contributed by atoms with van der Waals surface area (Å²) < 4.78 is 7.34. The van der Waals surface area contributed by atoms with E-state index in [1.807, 2.05) is 12.1 Å². The number of ether oxygens (including phenoxy) is 1. The number of methoxy groups -OCH3 is 1. The largest absolute Gasteiger partial charge is 0.385 e. The minimum Gasteiger partial charge on any atom is -0.385 e. The van der Waals surface area contributed by atoms with Crippen LogP contribution in [0.1, 0.15) is 47.1 Å². The molecule has 0 fully saturated rings. The van der Waals surface area contributed by atoms with Crippen LogP contribution >= 0.6 is 0 Å². The highest BCUT2D eigenvalue weighted by molar-refractivity contribution is 5.94. The topological polar surface area (TPSA) is 43.3 Å². The van der Waals surface area contributed by atoms with Crippen LogP contribution in [0.25, 0.3) is 5.69 Å². The molecule has 0 saturated heterocycles. The van der Waals surface area contributed by atoms with Crippen molar-refractivity contribution in [3.8, 4) is 5.69 Å². The van der Waals surface area contributed by atoms with Crippen LogP contribution in [0.4, 0.5) is 0 Å². The maximum atomic E-state index is 12.2. The van der Waals surface area contributed by atoms with Gasteiger partial charge in [-0.05, 0) is 74.4 Å². The highest BCUT2D eigenvalue weighted by Gasteiger charge is 2.21. The van der Waals surface area contributed by atoms with Gasteiger partial charge in [0.25, 0.3) is 5.91 Å². The average molecular weight is 340 g/mol. The molecule has 1 amide bonds. The van der Waals surface area contributed by atoms with Gasteiger partial charge in [-0.3, -0.25) is 4.79 Å². The van der Waals surface area contributed by atoms with Crippen LogP contribution in [0.15, 0.2) is 30.3 Å². The van der Waals surface area contributed by atoms with Crippen LogP contribution in [0.2, 0.25) is 0 Å². The van der Waals surface area contributed by atoms with E-state index in [0.29, 0.717) is 18.7 Å². The van der Waals surface area contributed by atoms with Crippen LogP contribution in [0.5, 0.6) is 0 Å². The van der Waals surface area contributed by atoms with Crippen LogP contribution in [-0.4, -0.2) is 30.7 Å². The lowest BCUT2D eigenvalue weighted by molar-refractivity contribution is 0.0948. The first kappa shape index (κ1) is 17.7. The number of carbonyl (C=O) groups excluding carboxylic acids is 1. The number of hydrogen-bond acceptors (Lipinski definition) is 2. The first-order valence-electron chi connectivity index (χ1n) is 9.18. The van der Waals surface area contributed by atoms with Crippen LogP contribution < -0.4 is 5.32 Å². The number of rotatable bonds is 6. The lowest BCUT2D eigenvalue weighted by Crippen LogP contribution is -2.25. The quantitative estimate of drug-likeness (QED) is 0.815. The normalized spacial score (nSPS) is 16.5. The summed E-state index contributed by atoms with van der Waals surface area (Å²) in [6, 6.07) is 10.3. The Morgan fingerprint density at radius 2 is 2.08 bits per heavy atom. The number of benzene rings is 1. The van der Waals surface area contributed by atoms with Gasteiger partial charge >= 0.3 is 0 Å². The van der Waals surface area contributed by atoms with Crippen LogP contribution in [-0.2, 0) is 17.6 Å². The van der Waals surface area contributed by atoms with Gasteiger partial charge in [0, 0.05) is 42.9 Å². The third-order valence-corrected chi connectivity index (χ3v) is 5.02. The molecule has 1 heterocycles. The van der Waals surface area contributed by atoms with Gasteiger partial charge in [-0.1, -0.05) is 6.92 Å². The summed E-state index contributed by atoms with van der Waals surface area (Å²) in [5.41, 5.74) is 6.04. The first-order chi connectivity index (χ1) is 12.1. The Bertz CT molecular complexity index is 731. The van der Waals surface area contributed by atoms with Crippen molar-refractivity contribution in [2.24, 2.45) is 5.92 Å². The van der Waals surface area contributed by atoms with Crippen LogP contribution in [0.3, 0.4) is 0 Å². The zero-order chi connectivity index (χ0) is 17.8. The number of nitrogens with zero attached hydrogens (tertiary/aromatic N) is 1. The van der Waals surface area contributed by atoms with Crippen molar-refractivity contribution < 1.29 is 9.53 Å². The van der Waals surface area contributed by atoms with Gasteiger partial charge in [-0.2, -0.15) is 0 Å². The Hall–Kier alpha value is -2.07. The monoisotopic (exact) mass is 340 g/mol. The molecule has 1 aliphatic rings. The summed E-state index contributed by atoms with van der Waals surface area (Å²) in [6.07, 6.45) is 4.38. The van der Waals surface area contributed by atoms with Gasteiger partial charge < -0.3 is 14.6 Å². The molecule has 1 aliphatic carbocycles. The number of carbonyl (C=O) groups is 1. The molecule has 0 aliphatic heterocycles. The molecule has 1 aromatic heterocycles. The second-order valence-electron chi connectivity index (χ2n) is 7.09. The summed E-state index contributed by atoms with van der Waals surface area (Å²) in [7, 11) is 1.67. The SMILES string of the molecule is COCCCNC(=O)c1ccc(-n2c(C)cc3c2CC[C@H](C)C3)cc1. The van der Waals surface area contributed by atoms with Gasteiger partial charge in [0.2, 0.25) is 0 Å². The minimum absolute atomic E-state index is 0.0252. The second kappa shape index (κ2) is 7.87. The summed E-state index contributed by atoms with van der Waals surface area (Å²) in [5.74, 6) is 0.745. The van der Waals surface area contributed by atoms with E-state index in [4.69, 9.17) is 4.74 Å². The van der Waals surface area contributed by atoms with E-state index in [9.17, 15) is 4.79 Å². The number of hydrogen-bond donors (Lipinski definition) is 1. The van der Waals surface area contributed by atoms with E-state index in [2.05, 4.69) is 41.9 Å². The molecule has 0 radical (unpaired) electrons. The Morgan fingerprint density at radius 3 is 2.80 bits per heavy atom. The maximum Gasteiger partial charge on any atom is 0.251 e. The number of nitrogens with one attached hydrogen (secondary N) is 1. The lowest BCUT2D eigenvalue weighted by atomic mass is 9.89. The number of fused-ring (bicyclic) bond motifs is 1. The van der Waals surface area contributed by atoms with E-state index < -0.39 is 0 Å². The standard InChI is InChI=1S/C21H28N2O2/c1-15-5-10-20-18(13-15)14-16(2)23(20)19-8-6-17(7-9-19)21(24)22-11-4-12-25-3/h6-9,14-15H,4-5,10-13H2,1-3H3,(H,22,24)/t15-/m0/s1. The Labute approximate surface area is 150 Å². The Balaban J connectivity index is 1.74. The molecule has 0 saturated carbocycles. The Kier molecular flexibility index (Phi) is 5.59. The fourth-order valence-electron chi connectivity index (χ4n) is 3.71. The predicted octanol–water partition coefficient (Wildman–Crippen LogP) is 3.68. The van der Waals surface area contributed by atoms with E-state index in [-0.39, 0.29) is 5.91 Å². The van der Waals surface area contributed by atoms with E-state index in [0.717, 1.165) is 24.4 Å². The Morgan fingerprint density at radius 1 is 1.32 bits per heavy atom. The predicted molar refractivity (Wildman–Crippen MR) is 101 cm³/mol. The van der Waals surface area contributed by atoms with Gasteiger partial charge in [0.05, 0.1) is 0 Å². The molecule has 2 aromatic rings. The van der Waals surface area contributed by atoms with Crippen molar-refractivity contribution in [1.29, 1.82) is 0 Å². The molecule has 134 valence electrons. The molecule has 0 bridgehead atoms. The van der Waals surface area contributed by atoms with Crippen molar-refractivity contribution in [2.75, 3.05) is 20.3 Å². The van der Waals surface area contributed by atoms with Crippen molar-refractivity contribution >= 4 is 5.91 Å². The fraction of sp³-hybridized carbons (Fsp3) is 0.476. The molecule has 0 spiro atoms. The molecule has 25 heavy (non-hydrogen) atoms. The number of amides is 1. The molecule has 1 aromatic carbocycles. The lowest BCUT2D eigenvalue weighted by Gasteiger charge is -2.21. The summed E-state index contributed by atoms with van der Waals surface area (Å²) >= 11 is 0. The van der Waals surface area contributed by atoms with Crippen LogP contribution in [0, 0.1) is 12.8 Å². The smallest absolute Gasteiger partial charge is 0.251 e. The van der Waals surface area contributed by atoms with Crippen molar-refractivity contribution in [3.63, 3.8) is 0 Å². The fourth-order valence-corrected chi connectivity index (χ4v) is 3.71. The van der Waals surface area contributed by atoms with Gasteiger partial charge in [0.1, 0.15) is 0 Å². The molecule has 1 N–H and O–H groups in total. The molecule has 4 heteroatoms. The molecule has 1 atom stereocenters. The second-order valence-corrected chi connectivity index (χ2v) is 7.09. The van der Waals surface area contributed by atoms with Gasteiger partial charge in [-0.25, -0.2) is 0 Å². The molecule has 4 nitrogen and oxygen atoms in total. The minimum atomic E-state index is -0.0252. The molecule has 3 rings (SSSR count). The van der Waals surface area contributed by atoms with Gasteiger partial charge in [0.15, 0.2) is 0 Å². The average Bonchev–Trinajstić information content (AvgIpc) is 2.93. The zero-order valence-corrected chi connectivity index (χ0v) is 15.5. The highest BCUT2D eigenvalue weighted by Crippen LogP contribution is 2.30. The molecular weight excluding hydrogens is 312 g/mol. The maximum absolute atomic E-state index is 12.2. The van der Waals surface area contributed by atoms with Crippen molar-refractivity contribution in [1.82, 2.24) is 9.88 Å². The number of aryl methyl sites for hydroxylation is 1. The highest BCUT2D eigenvalue weighted by atomic mass is 16.5. The summed E-state index contributed by atoms with van der Waals surface area (Å²) in [5, 5.41) is 2.93.